The number of benzene rings is 1. The summed E-state index contributed by atoms with van der Waals surface area (Å²) >= 11 is 0. The Morgan fingerprint density at radius 2 is 2.00 bits per heavy atom. The first-order valence-electron chi connectivity index (χ1n) is 4.87. The van der Waals surface area contributed by atoms with Crippen molar-refractivity contribution in [3.8, 4) is 11.5 Å². The van der Waals surface area contributed by atoms with E-state index in [0.29, 0.717) is 35.5 Å². The van der Waals surface area contributed by atoms with E-state index in [9.17, 15) is 9.70 Å². The van der Waals surface area contributed by atoms with Gasteiger partial charge >= 0.3 is 0 Å². The zero-order chi connectivity index (χ0) is 11.7. The minimum absolute atomic E-state index is 0.0147. The van der Waals surface area contributed by atoms with Crippen LogP contribution in [0.25, 0.3) is 0 Å². The molecule has 1 aromatic carbocycles. The van der Waals surface area contributed by atoms with Crippen molar-refractivity contribution in [2.75, 3.05) is 14.2 Å². The molecule has 0 spiro atoms. The molecule has 1 aliphatic carbocycles. The van der Waals surface area contributed by atoms with E-state index in [0.717, 1.165) is 0 Å². The molecular weight excluding hydrogens is 210 g/mol. The number of hydrogen-bond acceptors (Lipinski definition) is 5. The highest BCUT2D eigenvalue weighted by atomic mass is 16.5. The van der Waals surface area contributed by atoms with Crippen LogP contribution in [-0.4, -0.2) is 20.0 Å². The van der Waals surface area contributed by atoms with Crippen molar-refractivity contribution in [1.29, 1.82) is 0 Å². The maximum absolute atomic E-state index is 11.6. The van der Waals surface area contributed by atoms with Gasteiger partial charge in [-0.25, -0.2) is 0 Å². The summed E-state index contributed by atoms with van der Waals surface area (Å²) in [6, 6.07) is 1.61. The number of carbonyl (C=O) groups excluding carboxylic acids is 1. The molecule has 0 aliphatic heterocycles. The molecule has 0 amide bonds. The van der Waals surface area contributed by atoms with E-state index < -0.39 is 0 Å². The van der Waals surface area contributed by atoms with Crippen molar-refractivity contribution in [1.82, 2.24) is 0 Å². The number of ketones is 1. The number of nitroso groups, excluding NO2 is 1. The Morgan fingerprint density at radius 3 is 2.56 bits per heavy atom. The van der Waals surface area contributed by atoms with Gasteiger partial charge in [-0.15, -0.1) is 4.91 Å². The van der Waals surface area contributed by atoms with Gasteiger partial charge in [-0.3, -0.25) is 4.79 Å². The monoisotopic (exact) mass is 221 g/mol. The Morgan fingerprint density at radius 1 is 1.25 bits per heavy atom. The fourth-order valence-corrected chi connectivity index (χ4v) is 1.99. The molecule has 5 nitrogen and oxygen atoms in total. The molecule has 0 N–H and O–H groups in total. The highest BCUT2D eigenvalue weighted by Gasteiger charge is 2.28. The van der Waals surface area contributed by atoms with Crippen LogP contribution in [0.3, 0.4) is 0 Å². The second-order valence-corrected chi connectivity index (χ2v) is 3.50. The molecule has 16 heavy (non-hydrogen) atoms. The van der Waals surface area contributed by atoms with Crippen LogP contribution in [0.5, 0.6) is 11.5 Å². The van der Waals surface area contributed by atoms with E-state index >= 15 is 0 Å². The highest BCUT2D eigenvalue weighted by Crippen LogP contribution is 2.44. The number of Topliss-reactive ketones (excluding diaryl/α,β-unsaturated/α-hetero) is 1. The lowest BCUT2D eigenvalue weighted by atomic mass is 10.1. The predicted octanol–water partition coefficient (Wildman–Crippen LogP) is 2.23. The van der Waals surface area contributed by atoms with Crippen molar-refractivity contribution in [3.05, 3.63) is 22.1 Å². The number of ether oxygens (including phenoxy) is 2. The molecular formula is C11H11NO4. The minimum Gasteiger partial charge on any atom is -0.493 e. The van der Waals surface area contributed by atoms with Crippen molar-refractivity contribution >= 4 is 11.5 Å². The Labute approximate surface area is 92.3 Å². The van der Waals surface area contributed by atoms with Crippen molar-refractivity contribution in [2.45, 2.75) is 12.8 Å². The van der Waals surface area contributed by atoms with E-state index in [1.54, 1.807) is 6.07 Å². The van der Waals surface area contributed by atoms with Crippen LogP contribution in [0.15, 0.2) is 11.2 Å². The molecule has 0 heterocycles. The lowest BCUT2D eigenvalue weighted by Crippen LogP contribution is -1.97. The summed E-state index contributed by atoms with van der Waals surface area (Å²) in [5.74, 6) is 0.679. The van der Waals surface area contributed by atoms with Crippen molar-refractivity contribution < 1.29 is 14.3 Å². The van der Waals surface area contributed by atoms with Crippen LogP contribution >= 0.6 is 0 Å². The first kappa shape index (κ1) is 10.6. The molecule has 0 saturated carbocycles. The van der Waals surface area contributed by atoms with E-state index in [2.05, 4.69) is 5.18 Å². The highest BCUT2D eigenvalue weighted by molar-refractivity contribution is 6.03. The second-order valence-electron chi connectivity index (χ2n) is 3.50. The molecule has 0 saturated heterocycles. The van der Waals surface area contributed by atoms with Gasteiger partial charge < -0.3 is 9.47 Å². The van der Waals surface area contributed by atoms with Crippen molar-refractivity contribution in [2.24, 2.45) is 5.18 Å². The van der Waals surface area contributed by atoms with Gasteiger partial charge in [-0.2, -0.15) is 0 Å². The second kappa shape index (κ2) is 3.92. The van der Waals surface area contributed by atoms with Gasteiger partial charge in [-0.05, 0) is 23.2 Å². The maximum atomic E-state index is 11.6. The molecule has 0 bridgehead atoms. The van der Waals surface area contributed by atoms with E-state index in [-0.39, 0.29) is 11.5 Å². The topological polar surface area (TPSA) is 65.0 Å². The molecule has 0 fully saturated rings. The Balaban J connectivity index is 2.73. The first-order chi connectivity index (χ1) is 7.72. The number of nitrogens with zero attached hydrogens (tertiary/aromatic N) is 1. The third kappa shape index (κ3) is 1.36. The van der Waals surface area contributed by atoms with Gasteiger partial charge in [0.1, 0.15) is 0 Å². The number of fused-ring (bicyclic) bond motifs is 1. The summed E-state index contributed by atoms with van der Waals surface area (Å²) in [6.45, 7) is 0. The van der Waals surface area contributed by atoms with Gasteiger partial charge in [0.25, 0.3) is 0 Å². The zero-order valence-electron chi connectivity index (χ0n) is 9.07. The summed E-state index contributed by atoms with van der Waals surface area (Å²) in [5, 5.41) is 2.95. The van der Waals surface area contributed by atoms with E-state index in [4.69, 9.17) is 9.47 Å². The molecule has 1 aliphatic rings. The van der Waals surface area contributed by atoms with E-state index in [1.165, 1.54) is 14.2 Å². The summed E-state index contributed by atoms with van der Waals surface area (Å²) < 4.78 is 10.2. The molecule has 84 valence electrons. The van der Waals surface area contributed by atoms with Crippen LogP contribution < -0.4 is 9.47 Å². The summed E-state index contributed by atoms with van der Waals surface area (Å²) in [7, 11) is 2.90. The predicted molar refractivity (Wildman–Crippen MR) is 57.7 cm³/mol. The summed E-state index contributed by atoms with van der Waals surface area (Å²) in [6.07, 6.45) is 0.948. The maximum Gasteiger partial charge on any atom is 0.190 e. The molecule has 0 unspecified atom stereocenters. The Kier molecular flexibility index (Phi) is 2.60. The molecule has 2 rings (SSSR count). The molecule has 0 radical (unpaired) electrons. The van der Waals surface area contributed by atoms with Gasteiger partial charge in [0, 0.05) is 12.0 Å². The largest absolute Gasteiger partial charge is 0.493 e. The Bertz CT molecular complexity index is 468. The number of rotatable bonds is 3. The molecule has 0 aromatic heterocycles. The fourth-order valence-electron chi connectivity index (χ4n) is 1.99. The average molecular weight is 221 g/mol. The normalized spacial score (nSPS) is 13.5. The van der Waals surface area contributed by atoms with Crippen LogP contribution in [-0.2, 0) is 6.42 Å². The van der Waals surface area contributed by atoms with E-state index in [1.807, 2.05) is 0 Å². The number of methoxy groups -OCH3 is 2. The standard InChI is InChI=1S/C11H11NO4/c1-15-9-5-7-6(3-4-8(7)13)10(12-14)11(9)16-2/h5H,3-4H2,1-2H3. The first-order valence-corrected chi connectivity index (χ1v) is 4.87. The fraction of sp³-hybridized carbons (Fsp3) is 0.364. The molecule has 5 heteroatoms. The molecule has 1 aromatic rings. The Hall–Kier alpha value is -1.91. The summed E-state index contributed by atoms with van der Waals surface area (Å²) in [4.78, 5) is 22.4. The van der Waals surface area contributed by atoms with Crippen LogP contribution in [0.1, 0.15) is 22.3 Å². The summed E-state index contributed by atoms with van der Waals surface area (Å²) in [5.41, 5.74) is 1.37. The number of hydrogen-bond donors (Lipinski definition) is 0. The minimum atomic E-state index is 0.0147. The van der Waals surface area contributed by atoms with Crippen molar-refractivity contribution in [3.63, 3.8) is 0 Å². The average Bonchev–Trinajstić information content (AvgIpc) is 2.68. The van der Waals surface area contributed by atoms with Crippen LogP contribution in [0, 0.1) is 4.91 Å². The third-order valence-electron chi connectivity index (χ3n) is 2.74. The smallest absolute Gasteiger partial charge is 0.190 e. The van der Waals surface area contributed by atoms with Gasteiger partial charge in [0.2, 0.25) is 0 Å². The van der Waals surface area contributed by atoms with Gasteiger partial charge in [-0.1, -0.05) is 0 Å². The molecule has 0 atom stereocenters. The van der Waals surface area contributed by atoms with Crippen LogP contribution in [0.2, 0.25) is 0 Å². The third-order valence-corrected chi connectivity index (χ3v) is 2.74. The van der Waals surface area contributed by atoms with Gasteiger partial charge in [0.15, 0.2) is 23.0 Å². The quantitative estimate of drug-likeness (QED) is 0.734. The zero-order valence-corrected chi connectivity index (χ0v) is 9.07. The van der Waals surface area contributed by atoms with Crippen LogP contribution in [0.4, 0.5) is 5.69 Å². The number of carbonyl (C=O) groups is 1. The lowest BCUT2D eigenvalue weighted by molar-refractivity contribution is 0.0994. The SMILES string of the molecule is COc1cc2c(c(N=O)c1OC)CCC2=O. The van der Waals surface area contributed by atoms with Gasteiger partial charge in [0.05, 0.1) is 14.2 Å². The lowest BCUT2D eigenvalue weighted by Gasteiger charge is -2.11.